The molecule has 0 aromatic heterocycles. The number of sulfonamides is 2. The monoisotopic (exact) mass is 362 g/mol. The third-order valence-corrected chi connectivity index (χ3v) is 5.97. The molecule has 0 saturated carbocycles. The lowest BCUT2D eigenvalue weighted by atomic mass is 10.3. The summed E-state index contributed by atoms with van der Waals surface area (Å²) < 4.78 is 75.7. The van der Waals surface area contributed by atoms with Crippen molar-refractivity contribution in [2.45, 2.75) is 9.79 Å². The summed E-state index contributed by atoms with van der Waals surface area (Å²) in [6, 6.07) is 6.89. The molecule has 0 spiro atoms. The Bertz CT molecular complexity index is 960. The van der Waals surface area contributed by atoms with Crippen molar-refractivity contribution in [1.82, 2.24) is 0 Å². The van der Waals surface area contributed by atoms with Gasteiger partial charge in [-0.05, 0) is 24.3 Å². The minimum atomic E-state index is -4.48. The molecule has 0 fully saturated rings. The van der Waals surface area contributed by atoms with Crippen LogP contribution in [0.1, 0.15) is 0 Å². The topological polar surface area (TPSA) is 97.5 Å². The second kappa shape index (κ2) is 5.87. The number of halogens is 2. The summed E-state index contributed by atoms with van der Waals surface area (Å²) in [6.45, 7) is 0. The summed E-state index contributed by atoms with van der Waals surface area (Å²) in [5.74, 6) is -1.83. The minimum Gasteiger partial charge on any atom is -0.266 e. The molecule has 124 valence electrons. The summed E-state index contributed by atoms with van der Waals surface area (Å²) in [7, 11) is -7.82. The van der Waals surface area contributed by atoms with Crippen LogP contribution in [0.4, 0.5) is 14.5 Å². The standard InChI is InChI=1S/C13H12F2N2O4S2/c1-17(11-8-9(14)6-7-10(11)15)23(20,21)13-5-3-2-4-12(13)22(16,18)19/h2-8H,1H3,(H2,16,18,19). The lowest BCUT2D eigenvalue weighted by molar-refractivity contribution is 0.578. The number of nitrogens with zero attached hydrogens (tertiary/aromatic N) is 1. The van der Waals surface area contributed by atoms with Gasteiger partial charge in [-0.15, -0.1) is 0 Å². The van der Waals surface area contributed by atoms with Gasteiger partial charge in [-0.1, -0.05) is 12.1 Å². The highest BCUT2D eigenvalue weighted by Gasteiger charge is 2.29. The van der Waals surface area contributed by atoms with Crippen molar-refractivity contribution in [2.75, 3.05) is 11.4 Å². The number of nitrogens with two attached hydrogens (primary N) is 1. The largest absolute Gasteiger partial charge is 0.266 e. The number of anilines is 1. The van der Waals surface area contributed by atoms with E-state index in [4.69, 9.17) is 5.14 Å². The normalized spacial score (nSPS) is 12.2. The van der Waals surface area contributed by atoms with Crippen molar-refractivity contribution in [3.8, 4) is 0 Å². The number of hydrogen-bond donors (Lipinski definition) is 1. The molecular formula is C13H12F2N2O4S2. The van der Waals surface area contributed by atoms with E-state index in [0.29, 0.717) is 10.4 Å². The van der Waals surface area contributed by atoms with Crippen LogP contribution in [0.5, 0.6) is 0 Å². The number of benzene rings is 2. The molecular weight excluding hydrogens is 350 g/mol. The van der Waals surface area contributed by atoms with Gasteiger partial charge >= 0.3 is 0 Å². The van der Waals surface area contributed by atoms with Gasteiger partial charge in [-0.2, -0.15) is 0 Å². The number of primary sulfonamides is 1. The van der Waals surface area contributed by atoms with E-state index in [9.17, 15) is 25.6 Å². The fourth-order valence-electron chi connectivity index (χ4n) is 1.90. The molecule has 6 nitrogen and oxygen atoms in total. The van der Waals surface area contributed by atoms with Crippen LogP contribution in [-0.2, 0) is 20.0 Å². The van der Waals surface area contributed by atoms with Gasteiger partial charge in [0.1, 0.15) is 21.4 Å². The first-order valence-corrected chi connectivity index (χ1v) is 9.09. The smallest absolute Gasteiger partial charge is 0.265 e. The van der Waals surface area contributed by atoms with Crippen LogP contribution in [0, 0.1) is 11.6 Å². The first kappa shape index (κ1) is 17.3. The maximum absolute atomic E-state index is 13.8. The molecule has 2 aromatic rings. The Morgan fingerprint density at radius 2 is 1.52 bits per heavy atom. The van der Waals surface area contributed by atoms with Crippen LogP contribution in [-0.4, -0.2) is 23.9 Å². The van der Waals surface area contributed by atoms with Gasteiger partial charge in [-0.3, -0.25) is 4.31 Å². The summed E-state index contributed by atoms with van der Waals surface area (Å²) in [5.41, 5.74) is -0.561. The van der Waals surface area contributed by atoms with Gasteiger partial charge in [0.15, 0.2) is 0 Å². The molecule has 0 aliphatic carbocycles. The van der Waals surface area contributed by atoms with Gasteiger partial charge in [0, 0.05) is 13.1 Å². The van der Waals surface area contributed by atoms with E-state index in [-0.39, 0.29) is 0 Å². The zero-order chi connectivity index (χ0) is 17.4. The van der Waals surface area contributed by atoms with E-state index in [1.54, 1.807) is 0 Å². The fraction of sp³-hybridized carbons (Fsp3) is 0.0769. The first-order chi connectivity index (χ1) is 10.5. The predicted octanol–water partition coefficient (Wildman–Crippen LogP) is 1.44. The highest BCUT2D eigenvalue weighted by atomic mass is 32.2. The average molecular weight is 362 g/mol. The average Bonchev–Trinajstić information content (AvgIpc) is 2.48. The van der Waals surface area contributed by atoms with Crippen LogP contribution in [0.25, 0.3) is 0 Å². The van der Waals surface area contributed by atoms with Crippen molar-refractivity contribution in [3.05, 3.63) is 54.1 Å². The quantitative estimate of drug-likeness (QED) is 0.890. The third kappa shape index (κ3) is 3.33. The number of rotatable bonds is 4. The highest BCUT2D eigenvalue weighted by Crippen LogP contribution is 2.28. The summed E-state index contributed by atoms with van der Waals surface area (Å²) in [6.07, 6.45) is 0. The van der Waals surface area contributed by atoms with Crippen LogP contribution in [0.15, 0.2) is 52.3 Å². The third-order valence-electron chi connectivity index (χ3n) is 3.04. The molecule has 2 N–H and O–H groups in total. The predicted molar refractivity (Wildman–Crippen MR) is 79.8 cm³/mol. The maximum atomic E-state index is 13.8. The van der Waals surface area contributed by atoms with Crippen molar-refractivity contribution in [1.29, 1.82) is 0 Å². The summed E-state index contributed by atoms with van der Waals surface area (Å²) in [4.78, 5) is -1.27. The Balaban J connectivity index is 2.66. The summed E-state index contributed by atoms with van der Waals surface area (Å²) >= 11 is 0. The van der Waals surface area contributed by atoms with Crippen molar-refractivity contribution in [2.24, 2.45) is 5.14 Å². The Hall–Kier alpha value is -2.04. The van der Waals surface area contributed by atoms with E-state index in [1.165, 1.54) is 12.1 Å². The zero-order valence-corrected chi connectivity index (χ0v) is 13.4. The van der Waals surface area contributed by atoms with Gasteiger partial charge in [-0.25, -0.2) is 30.8 Å². The SMILES string of the molecule is CN(c1cc(F)ccc1F)S(=O)(=O)c1ccccc1S(N)(=O)=O. The lowest BCUT2D eigenvalue weighted by Crippen LogP contribution is -2.29. The zero-order valence-electron chi connectivity index (χ0n) is 11.8. The fourth-order valence-corrected chi connectivity index (χ4v) is 4.45. The van der Waals surface area contributed by atoms with Gasteiger partial charge in [0.25, 0.3) is 10.0 Å². The Morgan fingerprint density at radius 3 is 2.09 bits per heavy atom. The first-order valence-electron chi connectivity index (χ1n) is 6.11. The van der Waals surface area contributed by atoms with Gasteiger partial charge in [0.05, 0.1) is 5.69 Å². The second-order valence-electron chi connectivity index (χ2n) is 4.56. The minimum absolute atomic E-state index is 0.454. The molecule has 0 radical (unpaired) electrons. The molecule has 0 heterocycles. The van der Waals surface area contributed by atoms with Crippen molar-refractivity contribution < 1.29 is 25.6 Å². The lowest BCUT2D eigenvalue weighted by Gasteiger charge is -2.21. The highest BCUT2D eigenvalue weighted by molar-refractivity contribution is 7.94. The van der Waals surface area contributed by atoms with E-state index in [0.717, 1.165) is 31.3 Å². The molecule has 23 heavy (non-hydrogen) atoms. The molecule has 0 atom stereocenters. The van der Waals surface area contributed by atoms with Crippen LogP contribution in [0.2, 0.25) is 0 Å². The molecule has 2 aromatic carbocycles. The van der Waals surface area contributed by atoms with E-state index < -0.39 is 47.2 Å². The van der Waals surface area contributed by atoms with Crippen molar-refractivity contribution in [3.63, 3.8) is 0 Å². The summed E-state index contributed by atoms with van der Waals surface area (Å²) in [5, 5.41) is 5.00. The number of hydrogen-bond acceptors (Lipinski definition) is 4. The molecule has 0 saturated heterocycles. The van der Waals surface area contributed by atoms with Gasteiger partial charge in [0.2, 0.25) is 10.0 Å². The Morgan fingerprint density at radius 1 is 0.957 bits per heavy atom. The van der Waals surface area contributed by atoms with E-state index in [1.807, 2.05) is 0 Å². The van der Waals surface area contributed by atoms with Crippen LogP contribution in [0.3, 0.4) is 0 Å². The Kier molecular flexibility index (Phi) is 4.42. The molecule has 0 bridgehead atoms. The van der Waals surface area contributed by atoms with Crippen molar-refractivity contribution >= 4 is 25.7 Å². The Labute approximate surface area is 132 Å². The second-order valence-corrected chi connectivity index (χ2v) is 8.03. The van der Waals surface area contributed by atoms with Crippen LogP contribution >= 0.6 is 0 Å². The molecule has 0 aliphatic heterocycles. The molecule has 0 amide bonds. The maximum Gasteiger partial charge on any atom is 0.265 e. The molecule has 0 aliphatic rings. The van der Waals surface area contributed by atoms with Crippen LogP contribution < -0.4 is 9.44 Å². The molecule has 10 heteroatoms. The molecule has 2 rings (SSSR count). The van der Waals surface area contributed by atoms with E-state index in [2.05, 4.69) is 0 Å². The molecule has 0 unspecified atom stereocenters. The van der Waals surface area contributed by atoms with Gasteiger partial charge < -0.3 is 0 Å². The van der Waals surface area contributed by atoms with E-state index >= 15 is 0 Å².